The van der Waals surface area contributed by atoms with Crippen LogP contribution in [0.1, 0.15) is 36.9 Å². The van der Waals surface area contributed by atoms with Crippen LogP contribution in [0.4, 0.5) is 14.5 Å². The zero-order chi connectivity index (χ0) is 22.5. The lowest BCUT2D eigenvalue weighted by molar-refractivity contribution is -0.113. The number of carbonyl (C=O) groups excluding carboxylic acids is 1. The Hall–Kier alpha value is -2.94. The Bertz CT molecular complexity index is 1090. The summed E-state index contributed by atoms with van der Waals surface area (Å²) in [5.74, 6) is -1.03. The number of benzene rings is 2. The minimum atomic E-state index is -0.785. The van der Waals surface area contributed by atoms with E-state index in [9.17, 15) is 13.6 Å². The Morgan fingerprint density at radius 3 is 2.68 bits per heavy atom. The molecule has 6 nitrogen and oxygen atoms in total. The minimum absolute atomic E-state index is 0.0679. The number of amides is 1. The minimum Gasteiger partial charge on any atom is -0.480 e. The maximum absolute atomic E-state index is 13.9. The second-order valence-electron chi connectivity index (χ2n) is 7.08. The molecular weight excluding hydrogens is 422 g/mol. The zero-order valence-corrected chi connectivity index (χ0v) is 18.6. The molecule has 0 saturated carbocycles. The maximum atomic E-state index is 13.9. The summed E-state index contributed by atoms with van der Waals surface area (Å²) in [6.07, 6.45) is -0.620. The number of nitrogens with zero attached hydrogens (tertiary/aromatic N) is 3. The van der Waals surface area contributed by atoms with Gasteiger partial charge in [0.25, 0.3) is 0 Å². The SMILES string of the molecule is CCn1c(SCC(=O)Nc2cc(C)ccc2C)nnc1C(C)Oc1ccc(F)cc1F. The van der Waals surface area contributed by atoms with Crippen molar-refractivity contribution in [3.8, 4) is 5.75 Å². The third kappa shape index (κ3) is 5.61. The molecule has 164 valence electrons. The van der Waals surface area contributed by atoms with E-state index in [0.29, 0.717) is 17.5 Å². The van der Waals surface area contributed by atoms with Crippen molar-refractivity contribution in [3.05, 3.63) is 65.0 Å². The summed E-state index contributed by atoms with van der Waals surface area (Å²) < 4.78 is 34.4. The predicted octanol–water partition coefficient (Wildman–Crippen LogP) is 5.06. The largest absolute Gasteiger partial charge is 0.480 e. The first kappa shape index (κ1) is 22.7. The summed E-state index contributed by atoms with van der Waals surface area (Å²) in [4.78, 5) is 12.4. The van der Waals surface area contributed by atoms with Gasteiger partial charge in [0, 0.05) is 18.3 Å². The number of aryl methyl sites for hydroxylation is 2. The van der Waals surface area contributed by atoms with E-state index in [1.807, 2.05) is 43.5 Å². The highest BCUT2D eigenvalue weighted by Crippen LogP contribution is 2.27. The van der Waals surface area contributed by atoms with Gasteiger partial charge in [-0.25, -0.2) is 8.78 Å². The number of hydrogen-bond acceptors (Lipinski definition) is 5. The van der Waals surface area contributed by atoms with Crippen molar-refractivity contribution in [1.29, 1.82) is 0 Å². The Morgan fingerprint density at radius 2 is 1.97 bits per heavy atom. The van der Waals surface area contributed by atoms with Gasteiger partial charge in [-0.05, 0) is 57.0 Å². The predicted molar refractivity (Wildman–Crippen MR) is 116 cm³/mol. The van der Waals surface area contributed by atoms with Crippen molar-refractivity contribution in [2.45, 2.75) is 45.5 Å². The number of ether oxygens (including phenoxy) is 1. The fourth-order valence-electron chi connectivity index (χ4n) is 3.01. The Kier molecular flexibility index (Phi) is 7.27. The first-order valence-corrected chi connectivity index (χ1v) is 10.8. The van der Waals surface area contributed by atoms with Crippen LogP contribution in [0.3, 0.4) is 0 Å². The van der Waals surface area contributed by atoms with Crippen LogP contribution in [0.5, 0.6) is 5.75 Å². The summed E-state index contributed by atoms with van der Waals surface area (Å²) in [6.45, 7) is 8.07. The number of rotatable bonds is 8. The first-order chi connectivity index (χ1) is 14.8. The zero-order valence-electron chi connectivity index (χ0n) is 17.8. The van der Waals surface area contributed by atoms with Crippen LogP contribution in [0, 0.1) is 25.5 Å². The van der Waals surface area contributed by atoms with Gasteiger partial charge < -0.3 is 14.6 Å². The van der Waals surface area contributed by atoms with Crippen LogP contribution in [-0.4, -0.2) is 26.4 Å². The number of halogens is 2. The average molecular weight is 447 g/mol. The quantitative estimate of drug-likeness (QED) is 0.490. The van der Waals surface area contributed by atoms with Gasteiger partial charge in [0.2, 0.25) is 5.91 Å². The molecule has 31 heavy (non-hydrogen) atoms. The molecule has 9 heteroatoms. The van der Waals surface area contributed by atoms with E-state index < -0.39 is 17.7 Å². The first-order valence-electron chi connectivity index (χ1n) is 9.83. The fraction of sp³-hybridized carbons (Fsp3) is 0.318. The molecule has 0 radical (unpaired) electrons. The van der Waals surface area contributed by atoms with E-state index in [-0.39, 0.29) is 17.4 Å². The number of thioether (sulfide) groups is 1. The molecule has 3 rings (SSSR count). The van der Waals surface area contributed by atoms with Crippen molar-refractivity contribution in [2.24, 2.45) is 0 Å². The topological polar surface area (TPSA) is 69.0 Å². The van der Waals surface area contributed by atoms with Gasteiger partial charge in [-0.3, -0.25) is 4.79 Å². The van der Waals surface area contributed by atoms with Crippen molar-refractivity contribution in [3.63, 3.8) is 0 Å². The van der Waals surface area contributed by atoms with Gasteiger partial charge in [0.1, 0.15) is 5.82 Å². The highest BCUT2D eigenvalue weighted by Gasteiger charge is 2.21. The fourth-order valence-corrected chi connectivity index (χ4v) is 3.81. The number of carbonyl (C=O) groups is 1. The standard InChI is InChI=1S/C22H24F2N4O2S/c1-5-28-21(15(4)30-19-9-8-16(23)11-17(19)24)26-27-22(28)31-12-20(29)25-18-10-13(2)6-7-14(18)3/h6-11,15H,5,12H2,1-4H3,(H,25,29). The third-order valence-corrected chi connectivity index (χ3v) is 5.59. The molecule has 1 heterocycles. The molecule has 0 bridgehead atoms. The van der Waals surface area contributed by atoms with Crippen molar-refractivity contribution in [2.75, 3.05) is 11.1 Å². The molecule has 0 aliphatic carbocycles. The number of nitrogens with one attached hydrogen (secondary N) is 1. The van der Waals surface area contributed by atoms with Crippen LogP contribution in [0.25, 0.3) is 0 Å². The van der Waals surface area contributed by atoms with Crippen LogP contribution in [0.2, 0.25) is 0 Å². The lowest BCUT2D eigenvalue weighted by Crippen LogP contribution is -2.16. The van der Waals surface area contributed by atoms with E-state index in [2.05, 4.69) is 15.5 Å². The highest BCUT2D eigenvalue weighted by atomic mass is 32.2. The van der Waals surface area contributed by atoms with Gasteiger partial charge in [0.15, 0.2) is 28.7 Å². The van der Waals surface area contributed by atoms with Crippen molar-refractivity contribution < 1.29 is 18.3 Å². The summed E-state index contributed by atoms with van der Waals surface area (Å²) in [5.41, 5.74) is 2.84. The smallest absolute Gasteiger partial charge is 0.234 e. The second-order valence-corrected chi connectivity index (χ2v) is 8.02. The number of anilines is 1. The third-order valence-electron chi connectivity index (χ3n) is 4.62. The molecule has 1 N–H and O–H groups in total. The summed E-state index contributed by atoms with van der Waals surface area (Å²) in [6, 6.07) is 9.02. The molecule has 1 aromatic heterocycles. The molecule has 0 saturated heterocycles. The van der Waals surface area contributed by atoms with Gasteiger partial charge in [-0.15, -0.1) is 10.2 Å². The monoisotopic (exact) mass is 446 g/mol. The van der Waals surface area contributed by atoms with Crippen LogP contribution < -0.4 is 10.1 Å². The number of aromatic nitrogens is 3. The summed E-state index contributed by atoms with van der Waals surface area (Å²) in [5, 5.41) is 11.8. The molecule has 2 aromatic carbocycles. The number of hydrogen-bond donors (Lipinski definition) is 1. The molecular formula is C22H24F2N4O2S. The highest BCUT2D eigenvalue weighted by molar-refractivity contribution is 7.99. The Labute approximate surface area is 184 Å². The molecule has 1 amide bonds. The van der Waals surface area contributed by atoms with Crippen LogP contribution >= 0.6 is 11.8 Å². The van der Waals surface area contributed by atoms with E-state index in [1.54, 1.807) is 6.92 Å². The van der Waals surface area contributed by atoms with Gasteiger partial charge in [-0.1, -0.05) is 23.9 Å². The average Bonchev–Trinajstić information content (AvgIpc) is 3.14. The normalized spacial score (nSPS) is 11.9. The summed E-state index contributed by atoms with van der Waals surface area (Å²) >= 11 is 1.26. The van der Waals surface area contributed by atoms with Crippen molar-refractivity contribution in [1.82, 2.24) is 14.8 Å². The lowest BCUT2D eigenvalue weighted by Gasteiger charge is -2.16. The Balaban J connectivity index is 1.66. The summed E-state index contributed by atoms with van der Waals surface area (Å²) in [7, 11) is 0. The van der Waals surface area contributed by atoms with Crippen molar-refractivity contribution >= 4 is 23.4 Å². The molecule has 0 aliphatic rings. The van der Waals surface area contributed by atoms with Crippen LogP contribution in [-0.2, 0) is 11.3 Å². The van der Waals surface area contributed by atoms with Gasteiger partial charge in [-0.2, -0.15) is 0 Å². The van der Waals surface area contributed by atoms with Gasteiger partial charge in [0.05, 0.1) is 5.75 Å². The second kappa shape index (κ2) is 9.91. The molecule has 1 atom stereocenters. The van der Waals surface area contributed by atoms with E-state index in [1.165, 1.54) is 17.8 Å². The molecule has 0 spiro atoms. The van der Waals surface area contributed by atoms with Crippen LogP contribution in [0.15, 0.2) is 41.6 Å². The van der Waals surface area contributed by atoms with Gasteiger partial charge >= 0.3 is 0 Å². The molecule has 0 fully saturated rings. The van der Waals surface area contributed by atoms with E-state index >= 15 is 0 Å². The Morgan fingerprint density at radius 1 is 1.19 bits per heavy atom. The van der Waals surface area contributed by atoms with E-state index in [0.717, 1.165) is 28.9 Å². The molecule has 0 aliphatic heterocycles. The maximum Gasteiger partial charge on any atom is 0.234 e. The molecule has 3 aromatic rings. The van der Waals surface area contributed by atoms with E-state index in [4.69, 9.17) is 4.74 Å². The molecule has 1 unspecified atom stereocenters. The lowest BCUT2D eigenvalue weighted by atomic mass is 10.1.